The molecule has 2 aromatic rings. The maximum atomic E-state index is 12.2. The van der Waals surface area contributed by atoms with Gasteiger partial charge in [0, 0.05) is 39.3 Å². The van der Waals surface area contributed by atoms with Crippen LogP contribution >= 0.6 is 0 Å². The highest BCUT2D eigenvalue weighted by Gasteiger charge is 2.21. The van der Waals surface area contributed by atoms with Crippen LogP contribution in [0.3, 0.4) is 0 Å². The van der Waals surface area contributed by atoms with Gasteiger partial charge in [-0.2, -0.15) is 0 Å². The summed E-state index contributed by atoms with van der Waals surface area (Å²) < 4.78 is 3.76. The lowest BCUT2D eigenvalue weighted by atomic mass is 10.0. The van der Waals surface area contributed by atoms with Gasteiger partial charge in [0.1, 0.15) is 18.0 Å². The molecular weight excluding hydrogens is 268 g/mol. The average molecular weight is 290 g/mol. The first-order valence-electron chi connectivity index (χ1n) is 7.08. The predicted molar refractivity (Wildman–Crippen MR) is 78.3 cm³/mol. The van der Waals surface area contributed by atoms with E-state index in [-0.39, 0.29) is 17.9 Å². The molecule has 7 heteroatoms. The van der Waals surface area contributed by atoms with Crippen LogP contribution < -0.4 is 5.32 Å². The first kappa shape index (κ1) is 15.2. The van der Waals surface area contributed by atoms with Crippen molar-refractivity contribution in [2.75, 3.05) is 0 Å². The Labute approximate surface area is 124 Å². The normalized spacial score (nSPS) is 12.6. The van der Waals surface area contributed by atoms with E-state index in [1.54, 1.807) is 12.5 Å². The van der Waals surface area contributed by atoms with Crippen molar-refractivity contribution in [2.24, 2.45) is 20.0 Å². The van der Waals surface area contributed by atoms with Gasteiger partial charge in [-0.25, -0.2) is 4.98 Å². The van der Waals surface area contributed by atoms with Crippen molar-refractivity contribution in [3.63, 3.8) is 0 Å². The molecule has 1 N–H and O–H groups in total. The lowest BCUT2D eigenvalue weighted by molar-refractivity contribution is -0.122. The first-order chi connectivity index (χ1) is 9.99. The number of hydrogen-bond donors (Lipinski definition) is 1. The first-order valence-corrected chi connectivity index (χ1v) is 7.08. The molecule has 2 heterocycles. The minimum atomic E-state index is -0.0861. The van der Waals surface area contributed by atoms with Crippen LogP contribution in [0.25, 0.3) is 0 Å². The number of carbonyl (C=O) groups is 1. The van der Waals surface area contributed by atoms with Crippen molar-refractivity contribution in [1.82, 2.24) is 29.6 Å². The van der Waals surface area contributed by atoms with E-state index in [0.717, 1.165) is 11.6 Å². The van der Waals surface area contributed by atoms with Gasteiger partial charge >= 0.3 is 0 Å². The zero-order chi connectivity index (χ0) is 15.4. The van der Waals surface area contributed by atoms with Crippen molar-refractivity contribution in [3.8, 4) is 0 Å². The highest BCUT2D eigenvalue weighted by atomic mass is 16.1. The number of rotatable bonds is 6. The monoisotopic (exact) mass is 290 g/mol. The van der Waals surface area contributed by atoms with Crippen LogP contribution in [-0.4, -0.2) is 30.2 Å². The van der Waals surface area contributed by atoms with E-state index >= 15 is 0 Å². The van der Waals surface area contributed by atoms with Gasteiger partial charge in [-0.1, -0.05) is 13.8 Å². The van der Waals surface area contributed by atoms with Crippen molar-refractivity contribution in [1.29, 1.82) is 0 Å². The number of amides is 1. The Balaban J connectivity index is 1.96. The van der Waals surface area contributed by atoms with Gasteiger partial charge in [-0.15, -0.1) is 10.2 Å². The molecule has 0 saturated carbocycles. The predicted octanol–water partition coefficient (Wildman–Crippen LogP) is 0.995. The lowest BCUT2D eigenvalue weighted by Gasteiger charge is -2.22. The Hall–Kier alpha value is -2.18. The zero-order valence-electron chi connectivity index (χ0n) is 12.9. The van der Waals surface area contributed by atoms with E-state index in [0.29, 0.717) is 12.8 Å². The van der Waals surface area contributed by atoms with Crippen LogP contribution in [0, 0.1) is 5.92 Å². The average Bonchev–Trinajstić information content (AvgIpc) is 3.02. The summed E-state index contributed by atoms with van der Waals surface area (Å²) in [7, 11) is 3.81. The number of hydrogen-bond acceptors (Lipinski definition) is 4. The molecule has 7 nitrogen and oxygen atoms in total. The lowest BCUT2D eigenvalue weighted by Crippen LogP contribution is -2.33. The topological polar surface area (TPSA) is 77.6 Å². The summed E-state index contributed by atoms with van der Waals surface area (Å²) >= 11 is 0. The van der Waals surface area contributed by atoms with Gasteiger partial charge < -0.3 is 14.5 Å². The number of nitrogens with zero attached hydrogens (tertiary/aromatic N) is 5. The molecule has 2 aromatic heterocycles. The van der Waals surface area contributed by atoms with Crippen LogP contribution in [0.5, 0.6) is 0 Å². The van der Waals surface area contributed by atoms with E-state index in [2.05, 4.69) is 34.3 Å². The van der Waals surface area contributed by atoms with Crippen LogP contribution in [0.2, 0.25) is 0 Å². The van der Waals surface area contributed by atoms with Crippen molar-refractivity contribution < 1.29 is 4.79 Å². The fourth-order valence-electron chi connectivity index (χ4n) is 2.21. The maximum absolute atomic E-state index is 12.2. The molecule has 0 aliphatic carbocycles. The summed E-state index contributed by atoms with van der Waals surface area (Å²) in [4.78, 5) is 16.5. The second-order valence-corrected chi connectivity index (χ2v) is 5.54. The molecule has 0 aliphatic heterocycles. The molecule has 0 aliphatic rings. The Kier molecular flexibility index (Phi) is 4.72. The summed E-state index contributed by atoms with van der Waals surface area (Å²) in [5.41, 5.74) is 0. The molecule has 0 aromatic carbocycles. The zero-order valence-corrected chi connectivity index (χ0v) is 12.9. The van der Waals surface area contributed by atoms with E-state index < -0.39 is 0 Å². The highest BCUT2D eigenvalue weighted by Crippen LogP contribution is 2.19. The minimum Gasteiger partial charge on any atom is -0.346 e. The Morgan fingerprint density at radius 2 is 2.10 bits per heavy atom. The number of imidazole rings is 1. The second kappa shape index (κ2) is 6.51. The van der Waals surface area contributed by atoms with E-state index in [4.69, 9.17) is 0 Å². The van der Waals surface area contributed by atoms with Gasteiger partial charge in [0.25, 0.3) is 0 Å². The maximum Gasteiger partial charge on any atom is 0.221 e. The summed E-state index contributed by atoms with van der Waals surface area (Å²) in [6.07, 6.45) is 6.23. The molecule has 114 valence electrons. The van der Waals surface area contributed by atoms with Crippen LogP contribution in [0.15, 0.2) is 18.7 Å². The number of aryl methyl sites for hydroxylation is 3. The third-order valence-electron chi connectivity index (χ3n) is 3.50. The Morgan fingerprint density at radius 1 is 1.33 bits per heavy atom. The quantitative estimate of drug-likeness (QED) is 0.861. The molecule has 0 saturated heterocycles. The summed E-state index contributed by atoms with van der Waals surface area (Å²) in [5.74, 6) is 1.95. The summed E-state index contributed by atoms with van der Waals surface area (Å²) in [5, 5.41) is 10.9. The van der Waals surface area contributed by atoms with Gasteiger partial charge in [0.05, 0.1) is 6.04 Å². The number of aromatic nitrogens is 5. The van der Waals surface area contributed by atoms with E-state index in [1.165, 1.54) is 0 Å². The smallest absolute Gasteiger partial charge is 0.221 e. The van der Waals surface area contributed by atoms with Crippen LogP contribution in [0.4, 0.5) is 0 Å². The molecule has 2 rings (SSSR count). The fourth-order valence-corrected chi connectivity index (χ4v) is 2.21. The van der Waals surface area contributed by atoms with E-state index in [9.17, 15) is 4.79 Å². The molecule has 0 radical (unpaired) electrons. The van der Waals surface area contributed by atoms with Gasteiger partial charge in [0.2, 0.25) is 5.91 Å². The van der Waals surface area contributed by atoms with Crippen LogP contribution in [-0.2, 0) is 25.3 Å². The third-order valence-corrected chi connectivity index (χ3v) is 3.50. The van der Waals surface area contributed by atoms with Crippen molar-refractivity contribution in [2.45, 2.75) is 32.7 Å². The molecule has 21 heavy (non-hydrogen) atoms. The summed E-state index contributed by atoms with van der Waals surface area (Å²) in [6, 6.07) is -0.0861. The highest BCUT2D eigenvalue weighted by molar-refractivity contribution is 5.76. The second-order valence-electron chi connectivity index (χ2n) is 5.54. The Morgan fingerprint density at radius 3 is 2.62 bits per heavy atom. The third kappa shape index (κ3) is 3.68. The van der Waals surface area contributed by atoms with Crippen LogP contribution in [0.1, 0.15) is 38.0 Å². The largest absolute Gasteiger partial charge is 0.346 e. The molecule has 1 amide bonds. The van der Waals surface area contributed by atoms with E-state index in [1.807, 2.05) is 29.4 Å². The minimum absolute atomic E-state index is 0.000278. The van der Waals surface area contributed by atoms with Gasteiger partial charge in [-0.3, -0.25) is 4.79 Å². The molecule has 0 fully saturated rings. The molecular formula is C14H22N6O. The number of nitrogens with one attached hydrogen (secondary N) is 1. The molecule has 0 bridgehead atoms. The van der Waals surface area contributed by atoms with Crippen molar-refractivity contribution in [3.05, 3.63) is 30.4 Å². The van der Waals surface area contributed by atoms with Gasteiger partial charge in [0.15, 0.2) is 0 Å². The standard InChI is InChI=1S/C14H22N6O/c1-10(2)13(14-15-7-8-19(14)3)17-12(21)6-5-11-18-16-9-20(11)4/h7-10,13H,5-6H2,1-4H3,(H,17,21)/t13-/m0/s1. The number of carbonyl (C=O) groups excluding carboxylic acids is 1. The van der Waals surface area contributed by atoms with Gasteiger partial charge in [-0.05, 0) is 5.92 Å². The molecule has 0 unspecified atom stereocenters. The SMILES string of the molecule is CC(C)[C@H](NC(=O)CCc1nncn1C)c1nccn1C. The Bertz CT molecular complexity index is 600. The summed E-state index contributed by atoms with van der Waals surface area (Å²) in [6.45, 7) is 4.14. The van der Waals surface area contributed by atoms with Crippen molar-refractivity contribution >= 4 is 5.91 Å². The molecule has 1 atom stereocenters. The molecule has 0 spiro atoms. The fraction of sp³-hybridized carbons (Fsp3) is 0.571.